The van der Waals surface area contributed by atoms with Crippen LogP contribution >= 0.6 is 15.9 Å². The second-order valence-electron chi connectivity index (χ2n) is 5.07. The molecule has 25 heavy (non-hydrogen) atoms. The Morgan fingerprint density at radius 2 is 2.00 bits per heavy atom. The van der Waals surface area contributed by atoms with Gasteiger partial charge in [0, 0.05) is 27.1 Å². The number of carbonyl (C=O) groups is 1. The minimum atomic E-state index is -0.901. The van der Waals surface area contributed by atoms with E-state index in [1.54, 1.807) is 6.20 Å². The van der Waals surface area contributed by atoms with Crippen LogP contribution in [0.2, 0.25) is 0 Å². The van der Waals surface area contributed by atoms with Crippen LogP contribution in [0.15, 0.2) is 52.2 Å². The maximum absolute atomic E-state index is 13.6. The minimum Gasteiger partial charge on any atom is -0.478 e. The average Bonchev–Trinajstić information content (AvgIpc) is 2.97. The zero-order valence-electron chi connectivity index (χ0n) is 12.7. The highest BCUT2D eigenvalue weighted by Gasteiger charge is 2.13. The number of carbonyl (C=O) groups excluding carboxylic acids is 1. The van der Waals surface area contributed by atoms with Gasteiger partial charge < -0.3 is 9.72 Å². The molecule has 0 radical (unpaired) electrons. The van der Waals surface area contributed by atoms with E-state index in [4.69, 9.17) is 4.74 Å². The van der Waals surface area contributed by atoms with Crippen LogP contribution in [0.4, 0.5) is 8.78 Å². The predicted molar refractivity (Wildman–Crippen MR) is 93.6 cm³/mol. The fraction of sp³-hybridized carbons (Fsp3) is 0.0588. The summed E-state index contributed by atoms with van der Waals surface area (Å²) in [6.07, 6.45) is 3.22. The zero-order chi connectivity index (χ0) is 17.8. The van der Waals surface area contributed by atoms with Gasteiger partial charge in [-0.05, 0) is 18.2 Å². The molecule has 0 saturated heterocycles. The maximum Gasteiger partial charge on any atom is 0.277 e. The monoisotopic (exact) mass is 407 g/mol. The van der Waals surface area contributed by atoms with Crippen LogP contribution in [-0.2, 0) is 4.79 Å². The number of H-pyrrole nitrogens is 1. The molecule has 5 nitrogen and oxygen atoms in total. The summed E-state index contributed by atoms with van der Waals surface area (Å²) in [7, 11) is 0. The van der Waals surface area contributed by atoms with Crippen molar-refractivity contribution in [2.45, 2.75) is 0 Å². The molecular formula is C17H12BrF2N3O2. The van der Waals surface area contributed by atoms with Crippen molar-refractivity contribution in [2.24, 2.45) is 5.10 Å². The smallest absolute Gasteiger partial charge is 0.277 e. The zero-order valence-corrected chi connectivity index (χ0v) is 14.3. The Labute approximate surface area is 149 Å². The third-order valence-electron chi connectivity index (χ3n) is 3.32. The number of benzene rings is 2. The van der Waals surface area contributed by atoms with E-state index in [0.29, 0.717) is 0 Å². The van der Waals surface area contributed by atoms with Gasteiger partial charge in [0.15, 0.2) is 24.0 Å². The van der Waals surface area contributed by atoms with Gasteiger partial charge in [0.2, 0.25) is 0 Å². The molecule has 0 fully saturated rings. The SMILES string of the molecule is O=C(COc1c(F)cc(Br)cc1F)N/N=C/c1c[nH]c2ccccc12. The number of aromatic amines is 1. The third kappa shape index (κ3) is 4.03. The molecule has 2 N–H and O–H groups in total. The molecule has 1 amide bonds. The van der Waals surface area contributed by atoms with Gasteiger partial charge in [-0.1, -0.05) is 34.1 Å². The van der Waals surface area contributed by atoms with Crippen LogP contribution in [-0.4, -0.2) is 23.7 Å². The third-order valence-corrected chi connectivity index (χ3v) is 3.78. The lowest BCUT2D eigenvalue weighted by molar-refractivity contribution is -0.123. The highest BCUT2D eigenvalue weighted by Crippen LogP contribution is 2.25. The Morgan fingerprint density at radius 3 is 2.76 bits per heavy atom. The van der Waals surface area contributed by atoms with Crippen LogP contribution in [0.5, 0.6) is 5.75 Å². The Morgan fingerprint density at radius 1 is 1.28 bits per heavy atom. The van der Waals surface area contributed by atoms with Crippen molar-refractivity contribution in [3.8, 4) is 5.75 Å². The Bertz CT molecular complexity index is 933. The number of aromatic nitrogens is 1. The summed E-state index contributed by atoms with van der Waals surface area (Å²) in [6.45, 7) is -0.569. The van der Waals surface area contributed by atoms with Crippen LogP contribution in [0.3, 0.4) is 0 Å². The van der Waals surface area contributed by atoms with Crippen molar-refractivity contribution >= 4 is 39.0 Å². The number of para-hydroxylation sites is 1. The quantitative estimate of drug-likeness (QED) is 0.499. The lowest BCUT2D eigenvalue weighted by Gasteiger charge is -2.07. The summed E-state index contributed by atoms with van der Waals surface area (Å²) < 4.78 is 32.3. The molecule has 0 aliphatic carbocycles. The molecule has 0 aliphatic heterocycles. The molecule has 0 saturated carbocycles. The van der Waals surface area contributed by atoms with E-state index in [2.05, 4.69) is 31.4 Å². The lowest BCUT2D eigenvalue weighted by Crippen LogP contribution is -2.25. The van der Waals surface area contributed by atoms with Gasteiger partial charge >= 0.3 is 0 Å². The number of nitrogens with one attached hydrogen (secondary N) is 2. The molecule has 3 rings (SSSR count). The standard InChI is InChI=1S/C17H12BrF2N3O2/c18-11-5-13(19)17(14(20)6-11)25-9-16(24)23-22-8-10-7-21-15-4-2-1-3-12(10)15/h1-8,21H,9H2,(H,23,24)/b22-8+. The van der Waals surface area contributed by atoms with Crippen molar-refractivity contribution in [3.63, 3.8) is 0 Å². The first-order chi connectivity index (χ1) is 12.0. The Balaban J connectivity index is 1.58. The first-order valence-corrected chi connectivity index (χ1v) is 7.99. The van der Waals surface area contributed by atoms with Crippen LogP contribution in [0, 0.1) is 11.6 Å². The fourth-order valence-corrected chi connectivity index (χ4v) is 2.61. The largest absolute Gasteiger partial charge is 0.478 e. The van der Waals surface area contributed by atoms with Gasteiger partial charge in [-0.3, -0.25) is 4.79 Å². The summed E-state index contributed by atoms with van der Waals surface area (Å²) in [5, 5.41) is 4.77. The van der Waals surface area contributed by atoms with Crippen molar-refractivity contribution in [2.75, 3.05) is 6.61 Å². The molecule has 0 aliphatic rings. The van der Waals surface area contributed by atoms with Crippen molar-refractivity contribution in [3.05, 3.63) is 64.3 Å². The fourth-order valence-electron chi connectivity index (χ4n) is 2.21. The molecule has 0 bridgehead atoms. The highest BCUT2D eigenvalue weighted by molar-refractivity contribution is 9.10. The van der Waals surface area contributed by atoms with E-state index >= 15 is 0 Å². The molecule has 8 heteroatoms. The Kier molecular flexibility index (Phi) is 5.08. The van der Waals surface area contributed by atoms with E-state index < -0.39 is 29.9 Å². The van der Waals surface area contributed by atoms with Crippen molar-refractivity contribution in [1.29, 1.82) is 0 Å². The second kappa shape index (κ2) is 7.43. The summed E-state index contributed by atoms with van der Waals surface area (Å²) in [5.74, 6) is -3.05. The topological polar surface area (TPSA) is 66.5 Å². The average molecular weight is 408 g/mol. The van der Waals surface area contributed by atoms with Gasteiger partial charge in [0.25, 0.3) is 5.91 Å². The van der Waals surface area contributed by atoms with Gasteiger partial charge in [-0.2, -0.15) is 5.10 Å². The molecule has 3 aromatic rings. The summed E-state index contributed by atoms with van der Waals surface area (Å²) >= 11 is 2.96. The van der Waals surface area contributed by atoms with Gasteiger partial charge in [0.05, 0.1) is 6.21 Å². The first kappa shape index (κ1) is 17.1. The first-order valence-electron chi connectivity index (χ1n) is 7.20. The van der Waals surface area contributed by atoms with E-state index in [-0.39, 0.29) is 4.47 Å². The van der Waals surface area contributed by atoms with Gasteiger partial charge in [-0.15, -0.1) is 0 Å². The van der Waals surface area contributed by atoms with Gasteiger partial charge in [0.1, 0.15) is 0 Å². The maximum atomic E-state index is 13.6. The minimum absolute atomic E-state index is 0.239. The summed E-state index contributed by atoms with van der Waals surface area (Å²) in [5.41, 5.74) is 3.98. The van der Waals surface area contributed by atoms with Crippen molar-refractivity contribution < 1.29 is 18.3 Å². The Hall–Kier alpha value is -2.74. The molecular weight excluding hydrogens is 396 g/mol. The lowest BCUT2D eigenvalue weighted by atomic mass is 10.2. The van der Waals surface area contributed by atoms with E-state index in [9.17, 15) is 13.6 Å². The predicted octanol–water partition coefficient (Wildman–Crippen LogP) is 3.74. The molecule has 1 heterocycles. The summed E-state index contributed by atoms with van der Waals surface area (Å²) in [6, 6.07) is 9.72. The molecule has 2 aromatic carbocycles. The molecule has 128 valence electrons. The number of amides is 1. The molecule has 0 atom stereocenters. The number of hydrazone groups is 1. The van der Waals surface area contributed by atoms with Crippen LogP contribution in [0.1, 0.15) is 5.56 Å². The number of halogens is 3. The van der Waals surface area contributed by atoms with Crippen LogP contribution < -0.4 is 10.2 Å². The van der Waals surface area contributed by atoms with E-state index in [0.717, 1.165) is 28.6 Å². The van der Waals surface area contributed by atoms with Crippen molar-refractivity contribution in [1.82, 2.24) is 10.4 Å². The molecule has 0 unspecified atom stereocenters. The number of hydrogen-bond donors (Lipinski definition) is 2. The normalized spacial score (nSPS) is 11.2. The van der Waals surface area contributed by atoms with E-state index in [1.807, 2.05) is 24.3 Å². The highest BCUT2D eigenvalue weighted by atomic mass is 79.9. The van der Waals surface area contributed by atoms with Crippen LogP contribution in [0.25, 0.3) is 10.9 Å². The van der Waals surface area contributed by atoms with E-state index in [1.165, 1.54) is 6.21 Å². The second-order valence-corrected chi connectivity index (χ2v) is 5.99. The molecule has 0 spiro atoms. The number of hydrogen-bond acceptors (Lipinski definition) is 3. The molecule has 1 aromatic heterocycles. The van der Waals surface area contributed by atoms with Gasteiger partial charge in [-0.25, -0.2) is 14.2 Å². The number of ether oxygens (including phenoxy) is 1. The summed E-state index contributed by atoms with van der Waals surface area (Å²) in [4.78, 5) is 14.8. The number of nitrogens with zero attached hydrogens (tertiary/aromatic N) is 1. The number of rotatable bonds is 5. The number of fused-ring (bicyclic) bond motifs is 1.